The highest BCUT2D eigenvalue weighted by Gasteiger charge is 2.09. The van der Waals surface area contributed by atoms with Crippen LogP contribution in [0.3, 0.4) is 0 Å². The maximum absolute atomic E-state index is 10.5. The van der Waals surface area contributed by atoms with Gasteiger partial charge in [-0.05, 0) is 11.4 Å². The van der Waals surface area contributed by atoms with Crippen molar-refractivity contribution in [2.24, 2.45) is 0 Å². The SMILES string of the molecule is C#CCN(CC(=O)O)Cc1cccs1. The van der Waals surface area contributed by atoms with E-state index < -0.39 is 5.97 Å². The van der Waals surface area contributed by atoms with Gasteiger partial charge in [-0.2, -0.15) is 0 Å². The number of thiophene rings is 1. The zero-order valence-electron chi connectivity index (χ0n) is 7.64. The molecule has 0 unspecified atom stereocenters. The van der Waals surface area contributed by atoms with E-state index >= 15 is 0 Å². The molecule has 3 nitrogen and oxygen atoms in total. The predicted molar refractivity (Wildman–Crippen MR) is 56.1 cm³/mol. The molecule has 0 aliphatic carbocycles. The summed E-state index contributed by atoms with van der Waals surface area (Å²) in [5.41, 5.74) is 0. The zero-order chi connectivity index (χ0) is 10.4. The normalized spacial score (nSPS) is 10.0. The lowest BCUT2D eigenvalue weighted by atomic mass is 10.4. The number of carboxylic acids is 1. The van der Waals surface area contributed by atoms with Crippen molar-refractivity contribution in [3.8, 4) is 12.3 Å². The van der Waals surface area contributed by atoms with E-state index in [0.717, 1.165) is 4.88 Å². The molecule has 0 saturated carbocycles. The van der Waals surface area contributed by atoms with E-state index in [2.05, 4.69) is 5.92 Å². The van der Waals surface area contributed by atoms with E-state index in [4.69, 9.17) is 11.5 Å². The van der Waals surface area contributed by atoms with Crippen molar-refractivity contribution in [1.82, 2.24) is 4.90 Å². The van der Waals surface area contributed by atoms with Crippen LogP contribution >= 0.6 is 11.3 Å². The van der Waals surface area contributed by atoms with Crippen LogP contribution in [0.15, 0.2) is 17.5 Å². The Morgan fingerprint density at radius 2 is 2.50 bits per heavy atom. The quantitative estimate of drug-likeness (QED) is 0.742. The molecule has 0 amide bonds. The van der Waals surface area contributed by atoms with Gasteiger partial charge in [-0.1, -0.05) is 12.0 Å². The topological polar surface area (TPSA) is 40.5 Å². The fourth-order valence-electron chi connectivity index (χ4n) is 1.11. The Balaban J connectivity index is 2.52. The molecule has 74 valence electrons. The Hall–Kier alpha value is -1.31. The molecule has 0 spiro atoms. The number of rotatable bonds is 5. The molecule has 1 aromatic heterocycles. The third-order valence-electron chi connectivity index (χ3n) is 1.63. The zero-order valence-corrected chi connectivity index (χ0v) is 8.46. The van der Waals surface area contributed by atoms with E-state index in [9.17, 15) is 4.79 Å². The molecule has 0 fully saturated rings. The van der Waals surface area contributed by atoms with Crippen molar-refractivity contribution in [1.29, 1.82) is 0 Å². The highest BCUT2D eigenvalue weighted by molar-refractivity contribution is 7.09. The van der Waals surface area contributed by atoms with Crippen molar-refractivity contribution >= 4 is 17.3 Å². The second-order valence-electron chi connectivity index (χ2n) is 2.82. The second kappa shape index (κ2) is 5.43. The number of hydrogen-bond donors (Lipinski definition) is 1. The first-order chi connectivity index (χ1) is 6.72. The first-order valence-corrected chi connectivity index (χ1v) is 5.00. The average molecular weight is 209 g/mol. The van der Waals surface area contributed by atoms with Crippen LogP contribution in [0.2, 0.25) is 0 Å². The number of aliphatic carboxylic acids is 1. The van der Waals surface area contributed by atoms with Crippen molar-refractivity contribution in [3.63, 3.8) is 0 Å². The lowest BCUT2D eigenvalue weighted by Gasteiger charge is -2.15. The highest BCUT2D eigenvalue weighted by atomic mass is 32.1. The minimum atomic E-state index is -0.850. The summed E-state index contributed by atoms with van der Waals surface area (Å²) in [4.78, 5) is 13.3. The van der Waals surface area contributed by atoms with Crippen LogP contribution in [0.4, 0.5) is 0 Å². The molecule has 0 aliphatic heterocycles. The van der Waals surface area contributed by atoms with Crippen molar-refractivity contribution in [2.45, 2.75) is 6.54 Å². The predicted octanol–water partition coefficient (Wildman–Crippen LogP) is 1.27. The summed E-state index contributed by atoms with van der Waals surface area (Å²) >= 11 is 1.60. The van der Waals surface area contributed by atoms with Gasteiger partial charge in [0.2, 0.25) is 0 Å². The Kier molecular flexibility index (Phi) is 4.17. The van der Waals surface area contributed by atoms with Crippen LogP contribution in [0.25, 0.3) is 0 Å². The number of terminal acetylenes is 1. The highest BCUT2D eigenvalue weighted by Crippen LogP contribution is 2.11. The van der Waals surface area contributed by atoms with Crippen LogP contribution in [0, 0.1) is 12.3 Å². The smallest absolute Gasteiger partial charge is 0.317 e. The molecular weight excluding hydrogens is 198 g/mol. The number of hydrogen-bond acceptors (Lipinski definition) is 3. The van der Waals surface area contributed by atoms with Crippen LogP contribution < -0.4 is 0 Å². The van der Waals surface area contributed by atoms with Crippen molar-refractivity contribution < 1.29 is 9.90 Å². The lowest BCUT2D eigenvalue weighted by Crippen LogP contribution is -2.29. The summed E-state index contributed by atoms with van der Waals surface area (Å²) in [6.45, 7) is 0.959. The van der Waals surface area contributed by atoms with E-state index in [1.165, 1.54) is 0 Å². The fourth-order valence-corrected chi connectivity index (χ4v) is 1.86. The van der Waals surface area contributed by atoms with Crippen molar-refractivity contribution in [3.05, 3.63) is 22.4 Å². The number of carboxylic acid groups (broad SMARTS) is 1. The standard InChI is InChI=1S/C10H11NO2S/c1-2-5-11(8-10(12)13)7-9-4-3-6-14-9/h1,3-4,6H,5,7-8H2,(H,12,13). The van der Waals surface area contributed by atoms with E-state index in [-0.39, 0.29) is 6.54 Å². The van der Waals surface area contributed by atoms with Gasteiger partial charge in [-0.25, -0.2) is 0 Å². The van der Waals surface area contributed by atoms with Gasteiger partial charge >= 0.3 is 5.97 Å². The molecule has 0 aliphatic rings. The van der Waals surface area contributed by atoms with Gasteiger partial charge in [0.05, 0.1) is 13.1 Å². The molecule has 14 heavy (non-hydrogen) atoms. The molecule has 1 heterocycles. The van der Waals surface area contributed by atoms with E-state index in [0.29, 0.717) is 13.1 Å². The van der Waals surface area contributed by atoms with Gasteiger partial charge in [0.15, 0.2) is 0 Å². The van der Waals surface area contributed by atoms with Gasteiger partial charge in [-0.3, -0.25) is 9.69 Å². The molecular formula is C10H11NO2S. The maximum atomic E-state index is 10.5. The maximum Gasteiger partial charge on any atom is 0.317 e. The summed E-state index contributed by atoms with van der Waals surface area (Å²) < 4.78 is 0. The van der Waals surface area contributed by atoms with E-state index in [1.54, 1.807) is 16.2 Å². The fraction of sp³-hybridized carbons (Fsp3) is 0.300. The summed E-state index contributed by atoms with van der Waals surface area (Å²) in [5, 5.41) is 10.6. The molecule has 4 heteroatoms. The average Bonchev–Trinajstić information content (AvgIpc) is 2.56. The Morgan fingerprint density at radius 3 is 3.00 bits per heavy atom. The third-order valence-corrected chi connectivity index (χ3v) is 2.49. The molecule has 0 saturated heterocycles. The molecule has 0 atom stereocenters. The molecule has 1 aromatic rings. The molecule has 0 bridgehead atoms. The first kappa shape index (κ1) is 10.8. The van der Waals surface area contributed by atoms with Gasteiger partial charge in [0, 0.05) is 11.4 Å². The monoisotopic (exact) mass is 209 g/mol. The van der Waals surface area contributed by atoms with Crippen LogP contribution in [-0.2, 0) is 11.3 Å². The first-order valence-electron chi connectivity index (χ1n) is 4.12. The van der Waals surface area contributed by atoms with Crippen LogP contribution in [0.1, 0.15) is 4.88 Å². The second-order valence-corrected chi connectivity index (χ2v) is 3.85. The Morgan fingerprint density at radius 1 is 1.71 bits per heavy atom. The third kappa shape index (κ3) is 3.60. The van der Waals surface area contributed by atoms with Crippen LogP contribution in [0.5, 0.6) is 0 Å². The van der Waals surface area contributed by atoms with E-state index in [1.807, 2.05) is 17.5 Å². The summed E-state index contributed by atoms with van der Waals surface area (Å²) in [6, 6.07) is 3.91. The summed E-state index contributed by atoms with van der Waals surface area (Å²) in [5.74, 6) is 1.60. The minimum absolute atomic E-state index is 0.0118. The summed E-state index contributed by atoms with van der Waals surface area (Å²) in [7, 11) is 0. The Labute approximate surface area is 87.0 Å². The molecule has 0 radical (unpaired) electrons. The number of carbonyl (C=O) groups is 1. The minimum Gasteiger partial charge on any atom is -0.480 e. The van der Waals surface area contributed by atoms with Crippen molar-refractivity contribution in [2.75, 3.05) is 13.1 Å². The number of nitrogens with zero attached hydrogens (tertiary/aromatic N) is 1. The lowest BCUT2D eigenvalue weighted by molar-refractivity contribution is -0.138. The molecule has 1 rings (SSSR count). The van der Waals surface area contributed by atoms with Gasteiger partial charge in [0.25, 0.3) is 0 Å². The van der Waals surface area contributed by atoms with Crippen LogP contribution in [-0.4, -0.2) is 29.1 Å². The van der Waals surface area contributed by atoms with Gasteiger partial charge in [0.1, 0.15) is 0 Å². The Bertz CT molecular complexity index is 326. The van der Waals surface area contributed by atoms with Gasteiger partial charge < -0.3 is 5.11 Å². The summed E-state index contributed by atoms with van der Waals surface area (Å²) in [6.07, 6.45) is 5.15. The van der Waals surface area contributed by atoms with Gasteiger partial charge in [-0.15, -0.1) is 17.8 Å². The molecule has 0 aromatic carbocycles. The molecule has 1 N–H and O–H groups in total. The largest absolute Gasteiger partial charge is 0.480 e.